The van der Waals surface area contributed by atoms with Gasteiger partial charge in [0, 0.05) is 11.1 Å². The lowest BCUT2D eigenvalue weighted by Gasteiger charge is -2.12. The van der Waals surface area contributed by atoms with Crippen molar-refractivity contribution in [3.63, 3.8) is 0 Å². The molecule has 1 aromatic heterocycles. The zero-order valence-corrected chi connectivity index (χ0v) is 16.1. The van der Waals surface area contributed by atoms with Gasteiger partial charge in [0.1, 0.15) is 17.3 Å². The van der Waals surface area contributed by atoms with Crippen LogP contribution in [-0.4, -0.2) is 10.9 Å². The number of hydrogen-bond acceptors (Lipinski definition) is 4. The highest BCUT2D eigenvalue weighted by atomic mass is 16.5. The van der Waals surface area contributed by atoms with Gasteiger partial charge in [0.15, 0.2) is 5.89 Å². The number of nitrogens with zero attached hydrogens (tertiary/aromatic N) is 1. The summed E-state index contributed by atoms with van der Waals surface area (Å²) in [4.78, 5) is 16.8. The van der Waals surface area contributed by atoms with E-state index in [0.717, 1.165) is 11.4 Å². The predicted octanol–water partition coefficient (Wildman–Crippen LogP) is 5.25. The number of hydrogen-bond donors (Lipinski definition) is 1. The lowest BCUT2D eigenvalue weighted by atomic mass is 9.97. The predicted molar refractivity (Wildman–Crippen MR) is 105 cm³/mol. The Bertz CT molecular complexity index is 907. The summed E-state index contributed by atoms with van der Waals surface area (Å²) < 4.78 is 11.5. The number of aryl methyl sites for hydroxylation is 1. The highest BCUT2D eigenvalue weighted by Gasteiger charge is 2.23. The fourth-order valence-corrected chi connectivity index (χ4v) is 2.49. The van der Waals surface area contributed by atoms with Crippen LogP contribution in [0.25, 0.3) is 0 Å². The third-order valence-corrected chi connectivity index (χ3v) is 3.97. The fourth-order valence-electron chi connectivity index (χ4n) is 2.49. The molecule has 1 N–H and O–H groups in total. The average molecular weight is 364 g/mol. The van der Waals surface area contributed by atoms with Crippen molar-refractivity contribution in [1.82, 2.24) is 4.98 Å². The average Bonchev–Trinajstić information content (AvgIpc) is 2.98. The number of ether oxygens (including phenoxy) is 1. The Morgan fingerprint density at radius 2 is 1.67 bits per heavy atom. The van der Waals surface area contributed by atoms with Gasteiger partial charge in [-0.05, 0) is 43.3 Å². The second kappa shape index (κ2) is 7.66. The van der Waals surface area contributed by atoms with Crippen LogP contribution in [0.3, 0.4) is 0 Å². The van der Waals surface area contributed by atoms with E-state index in [-0.39, 0.29) is 17.7 Å². The quantitative estimate of drug-likeness (QED) is 0.671. The summed E-state index contributed by atoms with van der Waals surface area (Å²) in [5, 5.41) is 2.87. The van der Waals surface area contributed by atoms with Gasteiger partial charge in [0.25, 0.3) is 0 Å². The van der Waals surface area contributed by atoms with Gasteiger partial charge >= 0.3 is 0 Å². The molecule has 0 atom stereocenters. The van der Waals surface area contributed by atoms with Crippen LogP contribution >= 0.6 is 0 Å². The molecule has 0 aliphatic rings. The number of oxazole rings is 1. The fraction of sp³-hybridized carbons (Fsp3) is 0.273. The van der Waals surface area contributed by atoms with Crippen molar-refractivity contribution in [2.24, 2.45) is 0 Å². The molecule has 0 saturated carbocycles. The number of rotatable bonds is 5. The molecule has 3 rings (SSSR count). The third-order valence-electron chi connectivity index (χ3n) is 3.97. The Balaban J connectivity index is 1.60. The van der Waals surface area contributed by atoms with Gasteiger partial charge in [-0.2, -0.15) is 0 Å². The normalized spacial score (nSPS) is 11.3. The molecule has 1 heterocycles. The van der Waals surface area contributed by atoms with E-state index in [1.54, 1.807) is 0 Å². The molecule has 2 aromatic carbocycles. The van der Waals surface area contributed by atoms with Gasteiger partial charge in [0.2, 0.25) is 5.91 Å². The number of para-hydroxylation sites is 1. The zero-order chi connectivity index (χ0) is 19.4. The van der Waals surface area contributed by atoms with E-state index in [1.807, 2.05) is 82.3 Å². The minimum absolute atomic E-state index is 0.147. The molecule has 0 saturated heterocycles. The molecule has 0 aliphatic heterocycles. The summed E-state index contributed by atoms with van der Waals surface area (Å²) in [6.45, 7) is 7.95. The zero-order valence-electron chi connectivity index (χ0n) is 16.1. The monoisotopic (exact) mass is 364 g/mol. The van der Waals surface area contributed by atoms with Crippen LogP contribution in [0.5, 0.6) is 11.5 Å². The van der Waals surface area contributed by atoms with E-state index in [2.05, 4.69) is 10.3 Å². The van der Waals surface area contributed by atoms with E-state index in [1.165, 1.54) is 0 Å². The minimum atomic E-state index is -0.186. The standard InChI is InChI=1S/C22H24N2O3/c1-15-19(27-21(23-15)22(2,3)4)14-20(25)24-16-10-12-18(13-11-16)26-17-8-6-5-7-9-17/h5-13H,14H2,1-4H3,(H,24,25). The van der Waals surface area contributed by atoms with Crippen molar-refractivity contribution < 1.29 is 13.9 Å². The van der Waals surface area contributed by atoms with E-state index in [0.29, 0.717) is 23.1 Å². The first kappa shape index (κ1) is 18.7. The molecule has 0 unspecified atom stereocenters. The van der Waals surface area contributed by atoms with Crippen LogP contribution in [0.2, 0.25) is 0 Å². The Morgan fingerprint density at radius 3 is 2.26 bits per heavy atom. The molecule has 5 heteroatoms. The second-order valence-corrected chi connectivity index (χ2v) is 7.44. The number of nitrogens with one attached hydrogen (secondary N) is 1. The lowest BCUT2D eigenvalue weighted by molar-refractivity contribution is -0.115. The molecular weight excluding hydrogens is 340 g/mol. The number of amides is 1. The minimum Gasteiger partial charge on any atom is -0.457 e. The van der Waals surface area contributed by atoms with Crippen LogP contribution in [0.15, 0.2) is 59.0 Å². The first-order chi connectivity index (χ1) is 12.8. The summed E-state index contributed by atoms with van der Waals surface area (Å²) in [7, 11) is 0. The molecule has 0 aliphatic carbocycles. The van der Waals surface area contributed by atoms with E-state index in [4.69, 9.17) is 9.15 Å². The lowest BCUT2D eigenvalue weighted by Crippen LogP contribution is -2.14. The molecule has 5 nitrogen and oxygen atoms in total. The maximum atomic E-state index is 12.3. The topological polar surface area (TPSA) is 64.4 Å². The van der Waals surface area contributed by atoms with Crippen molar-refractivity contribution in [3.8, 4) is 11.5 Å². The SMILES string of the molecule is Cc1nc(C(C)(C)C)oc1CC(=O)Nc1ccc(Oc2ccccc2)cc1. The van der Waals surface area contributed by atoms with Crippen LogP contribution in [0.1, 0.15) is 38.1 Å². The van der Waals surface area contributed by atoms with Crippen molar-refractivity contribution in [2.75, 3.05) is 5.32 Å². The van der Waals surface area contributed by atoms with Crippen LogP contribution < -0.4 is 10.1 Å². The highest BCUT2D eigenvalue weighted by Crippen LogP contribution is 2.25. The number of carbonyl (C=O) groups is 1. The maximum Gasteiger partial charge on any atom is 0.232 e. The van der Waals surface area contributed by atoms with E-state index in [9.17, 15) is 4.79 Å². The number of anilines is 1. The number of benzene rings is 2. The molecule has 140 valence electrons. The molecule has 0 bridgehead atoms. The van der Waals surface area contributed by atoms with Gasteiger partial charge in [-0.15, -0.1) is 0 Å². The van der Waals surface area contributed by atoms with E-state index < -0.39 is 0 Å². The maximum absolute atomic E-state index is 12.3. The van der Waals surface area contributed by atoms with Crippen LogP contribution in [-0.2, 0) is 16.6 Å². The van der Waals surface area contributed by atoms with Crippen molar-refractivity contribution in [3.05, 3.63) is 71.9 Å². The number of aromatic nitrogens is 1. The second-order valence-electron chi connectivity index (χ2n) is 7.44. The summed E-state index contributed by atoms with van der Waals surface area (Å²) >= 11 is 0. The Labute approximate surface area is 159 Å². The molecule has 3 aromatic rings. The van der Waals surface area contributed by atoms with Crippen molar-refractivity contribution in [1.29, 1.82) is 0 Å². The molecule has 27 heavy (non-hydrogen) atoms. The van der Waals surface area contributed by atoms with Crippen molar-refractivity contribution in [2.45, 2.75) is 39.5 Å². The molecule has 1 amide bonds. The molecule has 0 fully saturated rings. The Hall–Kier alpha value is -3.08. The van der Waals surface area contributed by atoms with Gasteiger partial charge in [-0.3, -0.25) is 4.79 Å². The van der Waals surface area contributed by atoms with Gasteiger partial charge in [-0.25, -0.2) is 4.98 Å². The van der Waals surface area contributed by atoms with Gasteiger partial charge in [-0.1, -0.05) is 39.0 Å². The molecule has 0 spiro atoms. The third kappa shape index (κ3) is 4.97. The van der Waals surface area contributed by atoms with Crippen molar-refractivity contribution >= 4 is 11.6 Å². The van der Waals surface area contributed by atoms with Gasteiger partial charge in [0.05, 0.1) is 12.1 Å². The Kier molecular flexibility index (Phi) is 5.31. The largest absolute Gasteiger partial charge is 0.457 e. The van der Waals surface area contributed by atoms with Gasteiger partial charge < -0.3 is 14.5 Å². The van der Waals surface area contributed by atoms with Crippen LogP contribution in [0.4, 0.5) is 5.69 Å². The van der Waals surface area contributed by atoms with E-state index >= 15 is 0 Å². The summed E-state index contributed by atoms with van der Waals surface area (Å²) in [5.74, 6) is 2.57. The first-order valence-corrected chi connectivity index (χ1v) is 8.91. The number of carbonyl (C=O) groups excluding carboxylic acids is 1. The summed E-state index contributed by atoms with van der Waals surface area (Å²) in [5.41, 5.74) is 1.27. The Morgan fingerprint density at radius 1 is 1.04 bits per heavy atom. The molecule has 0 radical (unpaired) electrons. The summed E-state index contributed by atoms with van der Waals surface area (Å²) in [6.07, 6.45) is 0.150. The first-order valence-electron chi connectivity index (χ1n) is 8.91. The van der Waals surface area contributed by atoms with Crippen LogP contribution in [0, 0.1) is 6.92 Å². The smallest absolute Gasteiger partial charge is 0.232 e. The molecular formula is C22H24N2O3. The summed E-state index contributed by atoms with van der Waals surface area (Å²) in [6, 6.07) is 16.8. The highest BCUT2D eigenvalue weighted by molar-refractivity contribution is 5.92.